The van der Waals surface area contributed by atoms with Gasteiger partial charge in [-0.3, -0.25) is 10.1 Å². The molecule has 0 bridgehead atoms. The second kappa shape index (κ2) is 13.0. The monoisotopic (exact) mass is 593 g/mol. The number of benzene rings is 2. The van der Waals surface area contributed by atoms with Gasteiger partial charge in [-0.15, -0.1) is 0 Å². The Bertz CT molecular complexity index is 1350. The van der Waals surface area contributed by atoms with Gasteiger partial charge in [-0.05, 0) is 50.5 Å². The molecular weight excluding hydrogens is 564 g/mol. The molecule has 40 heavy (non-hydrogen) atoms. The maximum absolute atomic E-state index is 13.8. The van der Waals surface area contributed by atoms with Crippen LogP contribution in [0.2, 0.25) is 10.0 Å². The second-order valence-corrected chi connectivity index (χ2v) is 10.7. The minimum atomic E-state index is -0.771. The summed E-state index contributed by atoms with van der Waals surface area (Å²) in [4.78, 5) is 27.2. The topological polar surface area (TPSA) is 103 Å². The van der Waals surface area contributed by atoms with E-state index in [4.69, 9.17) is 41.9 Å². The number of nitrogens with one attached hydrogen (secondary N) is 1. The Balaban J connectivity index is 1.37. The fourth-order valence-corrected chi connectivity index (χ4v) is 4.72. The van der Waals surface area contributed by atoms with E-state index in [9.17, 15) is 14.0 Å². The molecule has 3 aromatic rings. The van der Waals surface area contributed by atoms with Gasteiger partial charge in [-0.2, -0.15) is 0 Å². The number of aromatic nitrogens is 1. The Morgan fingerprint density at radius 1 is 1.23 bits per heavy atom. The number of carbonyl (C=O) groups is 2. The average molecular weight is 594 g/mol. The lowest BCUT2D eigenvalue weighted by Gasteiger charge is -2.30. The molecular formula is C28H30Cl2FN3O6. The molecule has 1 N–H and O–H groups in total. The van der Waals surface area contributed by atoms with Crippen LogP contribution < -0.4 is 5.32 Å². The third kappa shape index (κ3) is 7.94. The van der Waals surface area contributed by atoms with Crippen LogP contribution in [0.25, 0.3) is 11.3 Å². The van der Waals surface area contributed by atoms with E-state index in [0.29, 0.717) is 34.9 Å². The van der Waals surface area contributed by atoms with E-state index < -0.39 is 23.7 Å². The largest absolute Gasteiger partial charge is 0.447 e. The number of likely N-dealkylation sites (N-methyl/N-ethyl adjacent to an activating group) is 1. The number of hydrogen-bond acceptors (Lipinski definition) is 7. The van der Waals surface area contributed by atoms with Gasteiger partial charge in [0.2, 0.25) is 5.91 Å². The molecule has 4 rings (SSSR count). The van der Waals surface area contributed by atoms with Gasteiger partial charge >= 0.3 is 6.09 Å². The zero-order chi connectivity index (χ0) is 28.9. The van der Waals surface area contributed by atoms with E-state index in [1.165, 1.54) is 11.0 Å². The standard InChI is InChI=1S/C28H30Cl2FN3O6/c1-28(2)38-16-21(39-28)13-20(34(3)25(35)11-10-17-6-5-9-22(31)26(17)30)15-37-27(36)32-24-14-23(40-33-24)18-7-4-8-19(29)12-18/h4-9,12,14,20-21H,10-11,13,15-16H2,1-3H3,(H,32,33,36)/t20-,21+/m0/s1. The first-order valence-corrected chi connectivity index (χ1v) is 13.4. The van der Waals surface area contributed by atoms with Crippen molar-refractivity contribution in [2.24, 2.45) is 0 Å². The summed E-state index contributed by atoms with van der Waals surface area (Å²) in [5.74, 6) is -0.944. The van der Waals surface area contributed by atoms with Crippen molar-refractivity contribution in [1.29, 1.82) is 0 Å². The highest BCUT2D eigenvalue weighted by atomic mass is 35.5. The maximum Gasteiger partial charge on any atom is 0.412 e. The molecule has 2 heterocycles. The Morgan fingerprint density at radius 3 is 2.73 bits per heavy atom. The van der Waals surface area contributed by atoms with Gasteiger partial charge in [0.1, 0.15) is 12.4 Å². The predicted octanol–water partition coefficient (Wildman–Crippen LogP) is 6.34. The zero-order valence-corrected chi connectivity index (χ0v) is 23.8. The highest BCUT2D eigenvalue weighted by molar-refractivity contribution is 6.31. The Kier molecular flexibility index (Phi) is 9.68. The predicted molar refractivity (Wildman–Crippen MR) is 148 cm³/mol. The number of nitrogens with zero attached hydrogens (tertiary/aromatic N) is 2. The molecule has 2 atom stereocenters. The van der Waals surface area contributed by atoms with Crippen molar-refractivity contribution in [3.63, 3.8) is 0 Å². The molecule has 0 aliphatic carbocycles. The van der Waals surface area contributed by atoms with Gasteiger partial charge in [-0.25, -0.2) is 9.18 Å². The molecule has 2 aromatic carbocycles. The first-order chi connectivity index (χ1) is 19.0. The summed E-state index contributed by atoms with van der Waals surface area (Å²) in [5.41, 5.74) is 1.23. The lowest BCUT2D eigenvalue weighted by Crippen LogP contribution is -2.43. The van der Waals surface area contributed by atoms with E-state index in [0.717, 1.165) is 0 Å². The molecule has 2 amide bonds. The van der Waals surface area contributed by atoms with E-state index in [1.807, 2.05) is 0 Å². The Hall–Kier alpha value is -3.18. The van der Waals surface area contributed by atoms with Crippen LogP contribution in [-0.2, 0) is 25.4 Å². The van der Waals surface area contributed by atoms with E-state index in [2.05, 4.69) is 10.5 Å². The third-order valence-corrected chi connectivity index (χ3v) is 7.10. The number of rotatable bonds is 10. The number of halogens is 3. The Labute approximate surface area is 241 Å². The van der Waals surface area contributed by atoms with Gasteiger partial charge in [0, 0.05) is 30.1 Å². The number of ether oxygens (including phenoxy) is 3. The fraction of sp³-hybridized carbons (Fsp3) is 0.393. The van der Waals surface area contributed by atoms with Gasteiger partial charge in [-0.1, -0.05) is 52.6 Å². The summed E-state index contributed by atoms with van der Waals surface area (Å²) in [6, 6.07) is 12.5. The molecule has 12 heteroatoms. The first-order valence-electron chi connectivity index (χ1n) is 12.7. The molecule has 1 aromatic heterocycles. The molecule has 214 valence electrons. The summed E-state index contributed by atoms with van der Waals surface area (Å²) in [7, 11) is 1.62. The van der Waals surface area contributed by atoms with Crippen molar-refractivity contribution in [2.75, 3.05) is 25.6 Å². The number of anilines is 1. The maximum atomic E-state index is 13.8. The Morgan fingerprint density at radius 2 is 2.00 bits per heavy atom. The van der Waals surface area contributed by atoms with E-state index >= 15 is 0 Å². The van der Waals surface area contributed by atoms with Crippen molar-refractivity contribution in [1.82, 2.24) is 10.1 Å². The van der Waals surface area contributed by atoms with Crippen molar-refractivity contribution >= 4 is 41.0 Å². The van der Waals surface area contributed by atoms with Gasteiger partial charge in [0.05, 0.1) is 23.8 Å². The van der Waals surface area contributed by atoms with Crippen LogP contribution in [0.1, 0.15) is 32.3 Å². The van der Waals surface area contributed by atoms with Gasteiger partial charge in [0.15, 0.2) is 17.4 Å². The summed E-state index contributed by atoms with van der Waals surface area (Å²) >= 11 is 12.1. The minimum absolute atomic E-state index is 0.000353. The lowest BCUT2D eigenvalue weighted by atomic mass is 10.1. The summed E-state index contributed by atoms with van der Waals surface area (Å²) < 4.78 is 36.1. The zero-order valence-electron chi connectivity index (χ0n) is 22.3. The van der Waals surface area contributed by atoms with Crippen LogP contribution in [0, 0.1) is 5.82 Å². The van der Waals surface area contributed by atoms with Crippen LogP contribution in [0.15, 0.2) is 53.1 Å². The smallest absolute Gasteiger partial charge is 0.412 e. The fourth-order valence-electron chi connectivity index (χ4n) is 4.31. The molecule has 0 spiro atoms. The van der Waals surface area contributed by atoms with Crippen molar-refractivity contribution < 1.29 is 32.7 Å². The van der Waals surface area contributed by atoms with Crippen LogP contribution in [-0.4, -0.2) is 60.3 Å². The number of aryl methyl sites for hydroxylation is 1. The number of hydrogen-bond donors (Lipinski definition) is 1. The van der Waals surface area contributed by atoms with Crippen LogP contribution in [0.3, 0.4) is 0 Å². The molecule has 1 saturated heterocycles. The van der Waals surface area contributed by atoms with Gasteiger partial charge < -0.3 is 23.6 Å². The number of carbonyl (C=O) groups excluding carboxylic acids is 2. The second-order valence-electron chi connectivity index (χ2n) is 9.87. The van der Waals surface area contributed by atoms with Crippen molar-refractivity contribution in [3.8, 4) is 11.3 Å². The molecule has 0 radical (unpaired) electrons. The quantitative estimate of drug-likeness (QED) is 0.292. The van der Waals surface area contributed by atoms with Crippen LogP contribution in [0.5, 0.6) is 0 Å². The third-order valence-electron chi connectivity index (χ3n) is 6.44. The van der Waals surface area contributed by atoms with Crippen LogP contribution >= 0.6 is 23.2 Å². The number of amides is 2. The molecule has 9 nitrogen and oxygen atoms in total. The molecule has 1 aliphatic rings. The van der Waals surface area contributed by atoms with Gasteiger partial charge in [0.25, 0.3) is 0 Å². The van der Waals surface area contributed by atoms with E-state index in [-0.39, 0.29) is 42.3 Å². The minimum Gasteiger partial charge on any atom is -0.447 e. The van der Waals surface area contributed by atoms with Crippen molar-refractivity contribution in [2.45, 2.75) is 51.0 Å². The highest BCUT2D eigenvalue weighted by Gasteiger charge is 2.36. The summed E-state index contributed by atoms with van der Waals surface area (Å²) in [6.07, 6.45) is -0.378. The summed E-state index contributed by atoms with van der Waals surface area (Å²) in [6.45, 7) is 3.83. The average Bonchev–Trinajstić information content (AvgIpc) is 3.52. The SMILES string of the molecule is CN(C(=O)CCc1cccc(F)c1Cl)[C@H](COC(=O)Nc1cc(-c2cccc(Cl)c2)on1)C[C@@H]1COC(C)(C)O1. The molecule has 0 saturated carbocycles. The van der Waals surface area contributed by atoms with E-state index in [1.54, 1.807) is 63.4 Å². The van der Waals surface area contributed by atoms with Crippen molar-refractivity contribution in [3.05, 3.63) is 70.0 Å². The molecule has 1 fully saturated rings. The lowest BCUT2D eigenvalue weighted by molar-refractivity contribution is -0.143. The molecule has 1 aliphatic heterocycles. The van der Waals surface area contributed by atoms with Crippen LogP contribution in [0.4, 0.5) is 15.0 Å². The normalized spacial score (nSPS) is 16.9. The first kappa shape index (κ1) is 29.8. The highest BCUT2D eigenvalue weighted by Crippen LogP contribution is 2.27. The summed E-state index contributed by atoms with van der Waals surface area (Å²) in [5, 5.41) is 6.91. The molecule has 0 unspecified atom stereocenters.